The predicted molar refractivity (Wildman–Crippen MR) is 82.4 cm³/mol. The number of benzene rings is 1. The summed E-state index contributed by atoms with van der Waals surface area (Å²) < 4.78 is 1.88. The minimum absolute atomic E-state index is 0.0563. The zero-order chi connectivity index (χ0) is 14.7. The Morgan fingerprint density at radius 3 is 2.76 bits per heavy atom. The summed E-state index contributed by atoms with van der Waals surface area (Å²) in [6.45, 7) is 2.57. The largest absolute Gasteiger partial charge is 0.352 e. The molecular formula is C17H17N3O. The number of carbonyl (C=O) groups is 1. The molecule has 2 aromatic heterocycles. The van der Waals surface area contributed by atoms with E-state index in [0.717, 1.165) is 17.8 Å². The standard InChI is InChI=1S/C17H17N3O/c1-13-11-20-12-15(7-8-16(20)19-13)17(21)18-10-9-14-5-3-2-4-6-14/h2-8,11-12H,9-10H2,1H3,(H,18,21). The van der Waals surface area contributed by atoms with Crippen LogP contribution in [0.2, 0.25) is 0 Å². The summed E-state index contributed by atoms with van der Waals surface area (Å²) in [6, 6.07) is 13.8. The summed E-state index contributed by atoms with van der Waals surface area (Å²) >= 11 is 0. The molecule has 21 heavy (non-hydrogen) atoms. The van der Waals surface area contributed by atoms with Crippen molar-refractivity contribution in [3.63, 3.8) is 0 Å². The number of carbonyl (C=O) groups excluding carboxylic acids is 1. The van der Waals surface area contributed by atoms with E-state index in [0.29, 0.717) is 12.1 Å². The molecule has 1 N–H and O–H groups in total. The van der Waals surface area contributed by atoms with Crippen LogP contribution in [0.15, 0.2) is 54.9 Å². The minimum atomic E-state index is -0.0563. The SMILES string of the molecule is Cc1cn2cc(C(=O)NCCc3ccccc3)ccc2n1. The van der Waals surface area contributed by atoms with E-state index in [2.05, 4.69) is 22.4 Å². The molecule has 4 heteroatoms. The van der Waals surface area contributed by atoms with Crippen LogP contribution >= 0.6 is 0 Å². The number of amides is 1. The average molecular weight is 279 g/mol. The first kappa shape index (κ1) is 13.4. The Labute approximate surface area is 123 Å². The normalized spacial score (nSPS) is 10.7. The number of nitrogens with one attached hydrogen (secondary N) is 1. The molecule has 1 aromatic carbocycles. The smallest absolute Gasteiger partial charge is 0.252 e. The molecule has 0 saturated carbocycles. The molecule has 3 rings (SSSR count). The highest BCUT2D eigenvalue weighted by Crippen LogP contribution is 2.07. The van der Waals surface area contributed by atoms with Crippen LogP contribution in [0.1, 0.15) is 21.6 Å². The van der Waals surface area contributed by atoms with Crippen LogP contribution in [0.5, 0.6) is 0 Å². The number of pyridine rings is 1. The molecule has 0 atom stereocenters. The van der Waals surface area contributed by atoms with Crippen molar-refractivity contribution in [1.29, 1.82) is 0 Å². The van der Waals surface area contributed by atoms with Gasteiger partial charge in [-0.2, -0.15) is 0 Å². The lowest BCUT2D eigenvalue weighted by molar-refractivity contribution is 0.0953. The third-order valence-corrected chi connectivity index (χ3v) is 3.38. The predicted octanol–water partition coefficient (Wildman–Crippen LogP) is 2.62. The molecule has 3 aromatic rings. The Morgan fingerprint density at radius 1 is 1.14 bits per heavy atom. The van der Waals surface area contributed by atoms with E-state index < -0.39 is 0 Å². The molecular weight excluding hydrogens is 262 g/mol. The summed E-state index contributed by atoms with van der Waals surface area (Å²) in [6.07, 6.45) is 4.56. The van der Waals surface area contributed by atoms with E-state index in [1.807, 2.05) is 48.0 Å². The third-order valence-electron chi connectivity index (χ3n) is 3.38. The van der Waals surface area contributed by atoms with Crippen molar-refractivity contribution >= 4 is 11.6 Å². The molecule has 0 aliphatic rings. The maximum atomic E-state index is 12.1. The second-order valence-electron chi connectivity index (χ2n) is 5.06. The maximum Gasteiger partial charge on any atom is 0.252 e. The minimum Gasteiger partial charge on any atom is -0.352 e. The molecule has 0 radical (unpaired) electrons. The molecule has 4 nitrogen and oxygen atoms in total. The molecule has 0 bridgehead atoms. The summed E-state index contributed by atoms with van der Waals surface area (Å²) in [7, 11) is 0. The first-order valence-corrected chi connectivity index (χ1v) is 7.00. The molecule has 0 spiro atoms. The van der Waals surface area contributed by atoms with Gasteiger partial charge in [0.15, 0.2) is 0 Å². The van der Waals surface area contributed by atoms with E-state index in [9.17, 15) is 4.79 Å². The Morgan fingerprint density at radius 2 is 1.95 bits per heavy atom. The van der Waals surface area contributed by atoms with Gasteiger partial charge < -0.3 is 9.72 Å². The van der Waals surface area contributed by atoms with Gasteiger partial charge in [-0.15, -0.1) is 0 Å². The molecule has 0 unspecified atom stereocenters. The highest BCUT2D eigenvalue weighted by Gasteiger charge is 2.07. The van der Waals surface area contributed by atoms with Crippen molar-refractivity contribution in [3.8, 4) is 0 Å². The lowest BCUT2D eigenvalue weighted by Gasteiger charge is -2.06. The van der Waals surface area contributed by atoms with E-state index in [1.165, 1.54) is 5.56 Å². The number of hydrogen-bond donors (Lipinski definition) is 1. The van der Waals surface area contributed by atoms with E-state index in [-0.39, 0.29) is 5.91 Å². The molecule has 0 saturated heterocycles. The third kappa shape index (κ3) is 3.11. The highest BCUT2D eigenvalue weighted by molar-refractivity contribution is 5.94. The van der Waals surface area contributed by atoms with Crippen LogP contribution in [0, 0.1) is 6.92 Å². The second kappa shape index (κ2) is 5.79. The molecule has 1 amide bonds. The lowest BCUT2D eigenvalue weighted by Crippen LogP contribution is -2.25. The van der Waals surface area contributed by atoms with Crippen LogP contribution in [0.3, 0.4) is 0 Å². The van der Waals surface area contributed by atoms with Gasteiger partial charge in [-0.1, -0.05) is 30.3 Å². The van der Waals surface area contributed by atoms with E-state index in [1.54, 1.807) is 6.07 Å². The van der Waals surface area contributed by atoms with Gasteiger partial charge in [-0.05, 0) is 31.0 Å². The van der Waals surface area contributed by atoms with Crippen LogP contribution < -0.4 is 5.32 Å². The fraction of sp³-hybridized carbons (Fsp3) is 0.176. The number of hydrogen-bond acceptors (Lipinski definition) is 2. The van der Waals surface area contributed by atoms with Gasteiger partial charge in [0, 0.05) is 18.9 Å². The number of nitrogens with zero attached hydrogens (tertiary/aromatic N) is 2. The molecule has 106 valence electrons. The topological polar surface area (TPSA) is 46.4 Å². The van der Waals surface area contributed by atoms with Gasteiger partial charge in [0.05, 0.1) is 11.3 Å². The van der Waals surface area contributed by atoms with Gasteiger partial charge in [-0.3, -0.25) is 4.79 Å². The summed E-state index contributed by atoms with van der Waals surface area (Å²) in [5.74, 6) is -0.0563. The Bertz CT molecular complexity index is 762. The Kier molecular flexibility index (Phi) is 3.69. The summed E-state index contributed by atoms with van der Waals surface area (Å²) in [4.78, 5) is 16.5. The lowest BCUT2D eigenvalue weighted by atomic mass is 10.1. The van der Waals surface area contributed by atoms with E-state index in [4.69, 9.17) is 0 Å². The number of aromatic nitrogens is 2. The van der Waals surface area contributed by atoms with Crippen molar-refractivity contribution in [3.05, 3.63) is 71.7 Å². The number of rotatable bonds is 4. The maximum absolute atomic E-state index is 12.1. The number of aryl methyl sites for hydroxylation is 1. The highest BCUT2D eigenvalue weighted by atomic mass is 16.1. The van der Waals surface area contributed by atoms with Crippen LogP contribution in [0.25, 0.3) is 5.65 Å². The number of fused-ring (bicyclic) bond motifs is 1. The van der Waals surface area contributed by atoms with Crippen molar-refractivity contribution in [2.24, 2.45) is 0 Å². The zero-order valence-electron chi connectivity index (χ0n) is 11.9. The Hall–Kier alpha value is -2.62. The van der Waals surface area contributed by atoms with Gasteiger partial charge in [-0.25, -0.2) is 4.98 Å². The fourth-order valence-electron chi connectivity index (χ4n) is 2.32. The van der Waals surface area contributed by atoms with Crippen molar-refractivity contribution in [2.75, 3.05) is 6.54 Å². The number of imidazole rings is 1. The van der Waals surface area contributed by atoms with Gasteiger partial charge in [0.2, 0.25) is 0 Å². The zero-order valence-corrected chi connectivity index (χ0v) is 11.9. The summed E-state index contributed by atoms with van der Waals surface area (Å²) in [5.41, 5.74) is 3.66. The molecule has 0 aliphatic heterocycles. The Balaban J connectivity index is 1.63. The van der Waals surface area contributed by atoms with Crippen LogP contribution in [-0.2, 0) is 6.42 Å². The van der Waals surface area contributed by atoms with Crippen LogP contribution in [0.4, 0.5) is 0 Å². The van der Waals surface area contributed by atoms with Crippen molar-refractivity contribution < 1.29 is 4.79 Å². The van der Waals surface area contributed by atoms with Crippen molar-refractivity contribution in [1.82, 2.24) is 14.7 Å². The fourth-order valence-corrected chi connectivity index (χ4v) is 2.32. The first-order valence-electron chi connectivity index (χ1n) is 7.00. The average Bonchev–Trinajstić information content (AvgIpc) is 2.87. The van der Waals surface area contributed by atoms with Gasteiger partial charge in [0.25, 0.3) is 5.91 Å². The van der Waals surface area contributed by atoms with E-state index >= 15 is 0 Å². The summed E-state index contributed by atoms with van der Waals surface area (Å²) in [5, 5.41) is 2.95. The molecule has 2 heterocycles. The molecule has 0 aliphatic carbocycles. The van der Waals surface area contributed by atoms with Crippen LogP contribution in [-0.4, -0.2) is 21.8 Å². The quantitative estimate of drug-likeness (QED) is 0.798. The van der Waals surface area contributed by atoms with Gasteiger partial charge in [0.1, 0.15) is 5.65 Å². The first-order chi connectivity index (χ1) is 10.2. The second-order valence-corrected chi connectivity index (χ2v) is 5.06. The van der Waals surface area contributed by atoms with Crippen molar-refractivity contribution in [2.45, 2.75) is 13.3 Å². The van der Waals surface area contributed by atoms with Gasteiger partial charge >= 0.3 is 0 Å². The monoisotopic (exact) mass is 279 g/mol. The molecule has 0 fully saturated rings.